The van der Waals surface area contributed by atoms with Gasteiger partial charge in [0.1, 0.15) is 0 Å². The monoisotopic (exact) mass is 377 g/mol. The molecule has 6 nitrogen and oxygen atoms in total. The second-order valence-electron chi connectivity index (χ2n) is 7.43. The standard InChI is InChI=1S/C22H27N5O/c1-4-27-20-8-6-5-7-19(20)24-21(27)25-9-11-26(12-10-25)22(28)23-18-14-16(2)13-17(3)15-18/h5-8,13-15H,4,9-12H2,1-3H3,(H,23,28). The Morgan fingerprint density at radius 3 is 2.39 bits per heavy atom. The van der Waals surface area contributed by atoms with Crippen molar-refractivity contribution in [3.63, 3.8) is 0 Å². The molecule has 146 valence electrons. The van der Waals surface area contributed by atoms with Gasteiger partial charge in [0.2, 0.25) is 5.95 Å². The average molecular weight is 377 g/mol. The first-order chi connectivity index (χ1) is 13.5. The largest absolute Gasteiger partial charge is 0.339 e. The predicted molar refractivity (Wildman–Crippen MR) is 114 cm³/mol. The fourth-order valence-corrected chi connectivity index (χ4v) is 3.97. The zero-order chi connectivity index (χ0) is 19.7. The summed E-state index contributed by atoms with van der Waals surface area (Å²) in [5, 5.41) is 3.04. The second-order valence-corrected chi connectivity index (χ2v) is 7.43. The van der Waals surface area contributed by atoms with Gasteiger partial charge in [0.05, 0.1) is 11.0 Å². The smallest absolute Gasteiger partial charge is 0.321 e. The van der Waals surface area contributed by atoms with Gasteiger partial charge in [-0.05, 0) is 56.2 Å². The van der Waals surface area contributed by atoms with Gasteiger partial charge in [0, 0.05) is 38.4 Å². The van der Waals surface area contributed by atoms with E-state index in [0.29, 0.717) is 13.1 Å². The topological polar surface area (TPSA) is 53.4 Å². The van der Waals surface area contributed by atoms with Gasteiger partial charge in [-0.15, -0.1) is 0 Å². The quantitative estimate of drug-likeness (QED) is 0.750. The van der Waals surface area contributed by atoms with E-state index in [9.17, 15) is 4.79 Å². The number of imidazole rings is 1. The number of nitrogens with one attached hydrogen (secondary N) is 1. The number of amides is 2. The molecule has 28 heavy (non-hydrogen) atoms. The molecule has 4 rings (SSSR count). The number of piperazine rings is 1. The molecule has 1 aromatic heterocycles. The Morgan fingerprint density at radius 1 is 1.04 bits per heavy atom. The summed E-state index contributed by atoms with van der Waals surface area (Å²) in [7, 11) is 0. The molecule has 1 saturated heterocycles. The fraction of sp³-hybridized carbons (Fsp3) is 0.364. The third-order valence-corrected chi connectivity index (χ3v) is 5.27. The van der Waals surface area contributed by atoms with Gasteiger partial charge in [0.15, 0.2) is 0 Å². The zero-order valence-corrected chi connectivity index (χ0v) is 16.8. The lowest BCUT2D eigenvalue weighted by molar-refractivity contribution is 0.208. The molecule has 0 bridgehead atoms. The molecule has 2 amide bonds. The van der Waals surface area contributed by atoms with E-state index in [1.807, 2.05) is 36.9 Å². The van der Waals surface area contributed by atoms with Crippen LogP contribution in [0.2, 0.25) is 0 Å². The first-order valence-corrected chi connectivity index (χ1v) is 9.89. The number of urea groups is 1. The summed E-state index contributed by atoms with van der Waals surface area (Å²) in [5.41, 5.74) is 5.35. The first kappa shape index (κ1) is 18.3. The summed E-state index contributed by atoms with van der Waals surface area (Å²) in [5.74, 6) is 0.998. The lowest BCUT2D eigenvalue weighted by Gasteiger charge is -2.35. The molecule has 1 fully saturated rings. The molecule has 1 N–H and O–H groups in total. The van der Waals surface area contributed by atoms with Gasteiger partial charge in [-0.3, -0.25) is 0 Å². The van der Waals surface area contributed by atoms with Gasteiger partial charge in [-0.2, -0.15) is 0 Å². The van der Waals surface area contributed by atoms with E-state index in [1.54, 1.807) is 0 Å². The third kappa shape index (κ3) is 3.54. The highest BCUT2D eigenvalue weighted by Crippen LogP contribution is 2.24. The minimum absolute atomic E-state index is 0.0337. The van der Waals surface area contributed by atoms with Gasteiger partial charge < -0.3 is 19.7 Å². The number of rotatable bonds is 3. The minimum Gasteiger partial charge on any atom is -0.339 e. The Labute approximate surface area is 165 Å². The number of carbonyl (C=O) groups excluding carboxylic acids is 1. The van der Waals surface area contributed by atoms with Crippen LogP contribution in [0.4, 0.5) is 16.4 Å². The number of anilines is 2. The highest BCUT2D eigenvalue weighted by molar-refractivity contribution is 5.89. The molecule has 0 aliphatic carbocycles. The molecule has 0 spiro atoms. The van der Waals surface area contributed by atoms with Gasteiger partial charge >= 0.3 is 6.03 Å². The Kier molecular flexibility index (Phi) is 4.94. The van der Waals surface area contributed by atoms with E-state index >= 15 is 0 Å². The number of benzene rings is 2. The maximum Gasteiger partial charge on any atom is 0.321 e. The summed E-state index contributed by atoms with van der Waals surface area (Å²) in [4.78, 5) is 21.7. The molecule has 1 aliphatic heterocycles. The second kappa shape index (κ2) is 7.54. The molecule has 1 aliphatic rings. The SMILES string of the molecule is CCn1c(N2CCN(C(=O)Nc3cc(C)cc(C)c3)CC2)nc2ccccc21. The number of nitrogens with zero attached hydrogens (tertiary/aromatic N) is 4. The highest BCUT2D eigenvalue weighted by Gasteiger charge is 2.24. The number of hydrogen-bond donors (Lipinski definition) is 1. The van der Waals surface area contributed by atoms with Crippen molar-refractivity contribution in [1.82, 2.24) is 14.5 Å². The van der Waals surface area contributed by atoms with Crippen molar-refractivity contribution in [2.45, 2.75) is 27.3 Å². The fourth-order valence-electron chi connectivity index (χ4n) is 3.97. The molecule has 0 saturated carbocycles. The summed E-state index contributed by atoms with van der Waals surface area (Å²) < 4.78 is 2.25. The zero-order valence-electron chi connectivity index (χ0n) is 16.8. The van der Waals surface area contributed by atoms with Crippen LogP contribution in [0.1, 0.15) is 18.1 Å². The van der Waals surface area contributed by atoms with Gasteiger partial charge in [-0.25, -0.2) is 9.78 Å². The average Bonchev–Trinajstić information content (AvgIpc) is 3.06. The Morgan fingerprint density at radius 2 is 1.71 bits per heavy atom. The number of hydrogen-bond acceptors (Lipinski definition) is 3. The van der Waals surface area contributed by atoms with E-state index in [0.717, 1.165) is 53.4 Å². The molecule has 2 aromatic carbocycles. The van der Waals surface area contributed by atoms with Gasteiger partial charge in [0.25, 0.3) is 0 Å². The van der Waals surface area contributed by atoms with Crippen molar-refractivity contribution in [2.24, 2.45) is 0 Å². The summed E-state index contributed by atoms with van der Waals surface area (Å²) in [6.07, 6.45) is 0. The lowest BCUT2D eigenvalue weighted by atomic mass is 10.1. The van der Waals surface area contributed by atoms with Crippen LogP contribution in [-0.2, 0) is 6.54 Å². The van der Waals surface area contributed by atoms with Crippen molar-refractivity contribution < 1.29 is 4.79 Å². The van der Waals surface area contributed by atoms with E-state index in [4.69, 9.17) is 4.98 Å². The number of aromatic nitrogens is 2. The molecule has 3 aromatic rings. The van der Waals surface area contributed by atoms with Crippen LogP contribution < -0.4 is 10.2 Å². The van der Waals surface area contributed by atoms with Crippen molar-refractivity contribution in [2.75, 3.05) is 36.4 Å². The van der Waals surface area contributed by atoms with Crippen molar-refractivity contribution in [3.05, 3.63) is 53.6 Å². The van der Waals surface area contributed by atoms with Crippen LogP contribution in [0, 0.1) is 13.8 Å². The van der Waals surface area contributed by atoms with Crippen molar-refractivity contribution >= 4 is 28.7 Å². The number of carbonyl (C=O) groups is 1. The number of para-hydroxylation sites is 2. The van der Waals surface area contributed by atoms with Crippen LogP contribution in [0.3, 0.4) is 0 Å². The van der Waals surface area contributed by atoms with Crippen LogP contribution in [0.5, 0.6) is 0 Å². The molecular formula is C22H27N5O. The van der Waals surface area contributed by atoms with Crippen molar-refractivity contribution in [3.8, 4) is 0 Å². The van der Waals surface area contributed by atoms with E-state index in [1.165, 1.54) is 0 Å². The van der Waals surface area contributed by atoms with E-state index < -0.39 is 0 Å². The maximum absolute atomic E-state index is 12.7. The molecule has 6 heteroatoms. The molecule has 0 atom stereocenters. The number of fused-ring (bicyclic) bond motifs is 1. The van der Waals surface area contributed by atoms with E-state index in [2.05, 4.69) is 46.0 Å². The van der Waals surface area contributed by atoms with E-state index in [-0.39, 0.29) is 6.03 Å². The first-order valence-electron chi connectivity index (χ1n) is 9.89. The Balaban J connectivity index is 1.44. The van der Waals surface area contributed by atoms with Crippen LogP contribution in [0.25, 0.3) is 11.0 Å². The Bertz CT molecular complexity index is 981. The number of aryl methyl sites for hydroxylation is 3. The van der Waals surface area contributed by atoms with Gasteiger partial charge in [-0.1, -0.05) is 18.2 Å². The predicted octanol–water partition coefficient (Wildman–Crippen LogP) is 4.03. The maximum atomic E-state index is 12.7. The normalized spacial score (nSPS) is 14.5. The summed E-state index contributed by atoms with van der Waals surface area (Å²) in [6, 6.07) is 14.3. The van der Waals surface area contributed by atoms with Crippen LogP contribution in [0.15, 0.2) is 42.5 Å². The highest BCUT2D eigenvalue weighted by atomic mass is 16.2. The minimum atomic E-state index is -0.0337. The lowest BCUT2D eigenvalue weighted by Crippen LogP contribution is -2.50. The molecular weight excluding hydrogens is 350 g/mol. The third-order valence-electron chi connectivity index (χ3n) is 5.27. The summed E-state index contributed by atoms with van der Waals surface area (Å²) >= 11 is 0. The summed E-state index contributed by atoms with van der Waals surface area (Å²) in [6.45, 7) is 10.0. The van der Waals surface area contributed by atoms with Crippen molar-refractivity contribution in [1.29, 1.82) is 0 Å². The Hall–Kier alpha value is -3.02. The van der Waals surface area contributed by atoms with Crippen LogP contribution >= 0.6 is 0 Å². The van der Waals surface area contributed by atoms with Crippen LogP contribution in [-0.4, -0.2) is 46.7 Å². The molecule has 0 unspecified atom stereocenters. The molecule has 0 radical (unpaired) electrons. The molecule has 2 heterocycles.